The molecule has 0 fully saturated rings. The molecule has 1 aromatic heterocycles. The van der Waals surface area contributed by atoms with E-state index in [-0.39, 0.29) is 0 Å². The fourth-order valence-corrected chi connectivity index (χ4v) is 1.57. The molecule has 0 saturated heterocycles. The second-order valence-electron chi connectivity index (χ2n) is 3.22. The lowest BCUT2D eigenvalue weighted by Gasteiger charge is -2.19. The van der Waals surface area contributed by atoms with E-state index in [9.17, 15) is 0 Å². The Morgan fingerprint density at radius 2 is 2.00 bits per heavy atom. The topological polar surface area (TPSA) is 29.0 Å². The van der Waals surface area contributed by atoms with Crippen molar-refractivity contribution in [1.82, 2.24) is 9.97 Å². The summed E-state index contributed by atoms with van der Waals surface area (Å²) in [5.41, 5.74) is 1.25. The van der Waals surface area contributed by atoms with Crippen molar-refractivity contribution in [3.63, 3.8) is 0 Å². The minimum absolute atomic E-state index is 0.736. The number of hydrogen-bond acceptors (Lipinski definition) is 3. The van der Waals surface area contributed by atoms with E-state index in [1.54, 1.807) is 12.4 Å². The predicted octanol–water partition coefficient (Wildman–Crippen LogP) is 3.38. The van der Waals surface area contributed by atoms with Gasteiger partial charge in [0.05, 0.1) is 4.47 Å². The van der Waals surface area contributed by atoms with E-state index in [2.05, 4.69) is 45.8 Å². The van der Waals surface area contributed by atoms with Gasteiger partial charge >= 0.3 is 0 Å². The van der Waals surface area contributed by atoms with E-state index in [0.29, 0.717) is 0 Å². The fourth-order valence-electron chi connectivity index (χ4n) is 1.36. The third kappa shape index (κ3) is 3.30. The molecule has 0 aliphatic heterocycles. The molecule has 0 N–H and O–H groups in total. The summed E-state index contributed by atoms with van der Waals surface area (Å²) in [6.45, 7) is 4.27. The Labute approximate surface area is 99.4 Å². The SMILES string of the molecule is CC/C=C(\CC)N(C)c1ncc(Br)cn1. The zero-order valence-corrected chi connectivity index (χ0v) is 11.0. The van der Waals surface area contributed by atoms with Gasteiger partial charge in [-0.1, -0.05) is 19.9 Å². The largest absolute Gasteiger partial charge is 0.318 e. The van der Waals surface area contributed by atoms with Gasteiger partial charge in [-0.15, -0.1) is 0 Å². The van der Waals surface area contributed by atoms with Crippen LogP contribution in [-0.2, 0) is 0 Å². The molecule has 0 saturated carbocycles. The van der Waals surface area contributed by atoms with Crippen molar-refractivity contribution < 1.29 is 0 Å². The summed E-state index contributed by atoms with van der Waals surface area (Å²) in [6, 6.07) is 0. The van der Waals surface area contributed by atoms with Crippen LogP contribution < -0.4 is 4.90 Å². The van der Waals surface area contributed by atoms with Crippen LogP contribution in [0.2, 0.25) is 0 Å². The molecule has 0 spiro atoms. The van der Waals surface area contributed by atoms with E-state index in [1.807, 2.05) is 11.9 Å². The normalized spacial score (nSPS) is 11.6. The molecule has 0 aliphatic rings. The number of halogens is 1. The lowest BCUT2D eigenvalue weighted by molar-refractivity contribution is 0.907. The van der Waals surface area contributed by atoms with Crippen LogP contribution in [-0.4, -0.2) is 17.0 Å². The summed E-state index contributed by atoms with van der Waals surface area (Å²) in [7, 11) is 1.99. The molecule has 1 heterocycles. The molecule has 1 aromatic rings. The molecule has 15 heavy (non-hydrogen) atoms. The highest BCUT2D eigenvalue weighted by atomic mass is 79.9. The van der Waals surface area contributed by atoms with Crippen LogP contribution in [0.25, 0.3) is 0 Å². The summed E-state index contributed by atoms with van der Waals surface area (Å²) in [5, 5.41) is 0. The number of aromatic nitrogens is 2. The third-order valence-electron chi connectivity index (χ3n) is 2.14. The minimum atomic E-state index is 0.736. The van der Waals surface area contributed by atoms with Crippen molar-refractivity contribution in [3.05, 3.63) is 28.6 Å². The standard InChI is InChI=1S/C11H16BrN3/c1-4-6-10(5-2)15(3)11-13-7-9(12)8-14-11/h6-8H,4-5H2,1-3H3/b10-6+. The third-order valence-corrected chi connectivity index (χ3v) is 2.55. The van der Waals surface area contributed by atoms with Crippen LogP contribution in [0.15, 0.2) is 28.6 Å². The molecule has 0 amide bonds. The monoisotopic (exact) mass is 269 g/mol. The molecule has 0 unspecified atom stereocenters. The quantitative estimate of drug-likeness (QED) is 0.839. The maximum absolute atomic E-state index is 4.26. The van der Waals surface area contributed by atoms with Crippen molar-refractivity contribution in [2.45, 2.75) is 26.7 Å². The van der Waals surface area contributed by atoms with Crippen LogP contribution in [0, 0.1) is 0 Å². The Kier molecular flexibility index (Phi) is 4.75. The van der Waals surface area contributed by atoms with Crippen molar-refractivity contribution >= 4 is 21.9 Å². The summed E-state index contributed by atoms with van der Waals surface area (Å²) in [6.07, 6.45) is 7.75. The second-order valence-corrected chi connectivity index (χ2v) is 4.13. The van der Waals surface area contributed by atoms with Crippen LogP contribution in [0.4, 0.5) is 5.95 Å². The zero-order chi connectivity index (χ0) is 11.3. The number of nitrogens with zero attached hydrogens (tertiary/aromatic N) is 3. The first-order valence-electron chi connectivity index (χ1n) is 5.09. The maximum Gasteiger partial charge on any atom is 0.229 e. The van der Waals surface area contributed by atoms with Gasteiger partial charge in [0.1, 0.15) is 0 Å². The smallest absolute Gasteiger partial charge is 0.229 e. The molecule has 82 valence electrons. The van der Waals surface area contributed by atoms with Gasteiger partial charge in [-0.2, -0.15) is 0 Å². The van der Waals surface area contributed by atoms with Gasteiger partial charge in [0.15, 0.2) is 0 Å². The Morgan fingerprint density at radius 1 is 1.40 bits per heavy atom. The molecule has 0 aliphatic carbocycles. The Balaban J connectivity index is 2.87. The van der Waals surface area contributed by atoms with Gasteiger partial charge in [0, 0.05) is 25.1 Å². The van der Waals surface area contributed by atoms with Gasteiger partial charge in [0.25, 0.3) is 0 Å². The van der Waals surface area contributed by atoms with Crippen molar-refractivity contribution in [2.24, 2.45) is 0 Å². The van der Waals surface area contributed by atoms with Crippen molar-refractivity contribution in [2.75, 3.05) is 11.9 Å². The summed E-state index contributed by atoms with van der Waals surface area (Å²) >= 11 is 3.32. The van der Waals surface area contributed by atoms with Crippen LogP contribution in [0.1, 0.15) is 26.7 Å². The first-order valence-corrected chi connectivity index (χ1v) is 5.88. The molecular weight excluding hydrogens is 254 g/mol. The molecule has 4 heteroatoms. The predicted molar refractivity (Wildman–Crippen MR) is 66.8 cm³/mol. The lowest BCUT2D eigenvalue weighted by atomic mass is 10.2. The van der Waals surface area contributed by atoms with Gasteiger partial charge < -0.3 is 4.90 Å². The first-order chi connectivity index (χ1) is 7.19. The first kappa shape index (κ1) is 12.2. The molecule has 0 bridgehead atoms. The van der Waals surface area contributed by atoms with Gasteiger partial charge in [-0.3, -0.25) is 0 Å². The molecule has 0 aromatic carbocycles. The molecule has 3 nitrogen and oxygen atoms in total. The Bertz CT molecular complexity index is 332. The Hall–Kier alpha value is -0.900. The highest BCUT2D eigenvalue weighted by Gasteiger charge is 2.07. The van der Waals surface area contributed by atoms with Gasteiger partial charge in [0.2, 0.25) is 5.95 Å². The maximum atomic E-state index is 4.26. The number of anilines is 1. The Morgan fingerprint density at radius 3 is 2.47 bits per heavy atom. The van der Waals surface area contributed by atoms with Crippen LogP contribution in [0.3, 0.4) is 0 Å². The molecule has 0 atom stereocenters. The number of allylic oxidation sites excluding steroid dienone is 2. The lowest BCUT2D eigenvalue weighted by Crippen LogP contribution is -2.18. The number of hydrogen-bond donors (Lipinski definition) is 0. The summed E-state index contributed by atoms with van der Waals surface area (Å²) in [4.78, 5) is 10.5. The van der Waals surface area contributed by atoms with Crippen molar-refractivity contribution in [3.8, 4) is 0 Å². The van der Waals surface area contributed by atoms with Gasteiger partial charge in [-0.05, 0) is 28.8 Å². The number of rotatable bonds is 4. The molecular formula is C11H16BrN3. The highest BCUT2D eigenvalue weighted by Crippen LogP contribution is 2.16. The average Bonchev–Trinajstić information content (AvgIpc) is 2.26. The van der Waals surface area contributed by atoms with Crippen LogP contribution >= 0.6 is 15.9 Å². The van der Waals surface area contributed by atoms with Crippen LogP contribution in [0.5, 0.6) is 0 Å². The van der Waals surface area contributed by atoms with Crippen molar-refractivity contribution in [1.29, 1.82) is 0 Å². The van der Waals surface area contributed by atoms with E-state index in [4.69, 9.17) is 0 Å². The molecule has 1 rings (SSSR count). The van der Waals surface area contributed by atoms with Gasteiger partial charge in [-0.25, -0.2) is 9.97 Å². The fraction of sp³-hybridized carbons (Fsp3) is 0.455. The van der Waals surface area contributed by atoms with E-state index >= 15 is 0 Å². The highest BCUT2D eigenvalue weighted by molar-refractivity contribution is 9.10. The zero-order valence-electron chi connectivity index (χ0n) is 9.37. The average molecular weight is 270 g/mol. The minimum Gasteiger partial charge on any atom is -0.318 e. The molecule has 0 radical (unpaired) electrons. The van der Waals surface area contributed by atoms with E-state index in [0.717, 1.165) is 23.3 Å². The summed E-state index contributed by atoms with van der Waals surface area (Å²) < 4.78 is 0.900. The van der Waals surface area contributed by atoms with E-state index < -0.39 is 0 Å². The summed E-state index contributed by atoms with van der Waals surface area (Å²) in [5.74, 6) is 0.736. The second kappa shape index (κ2) is 5.85. The van der Waals surface area contributed by atoms with E-state index in [1.165, 1.54) is 5.70 Å².